The van der Waals surface area contributed by atoms with E-state index in [1.54, 1.807) is 7.11 Å². The van der Waals surface area contributed by atoms with Gasteiger partial charge in [0.15, 0.2) is 11.5 Å². The lowest BCUT2D eigenvalue weighted by atomic mass is 10.1. The summed E-state index contributed by atoms with van der Waals surface area (Å²) in [5, 5.41) is 0. The zero-order chi connectivity index (χ0) is 15.8. The zero-order valence-electron chi connectivity index (χ0n) is 14.0. The molecule has 0 spiro atoms. The second kappa shape index (κ2) is 9.01. The minimum atomic E-state index is 0.379. The van der Waals surface area contributed by atoms with E-state index in [1.807, 2.05) is 6.07 Å². The van der Waals surface area contributed by atoms with Crippen LogP contribution in [0, 0.1) is 0 Å². The number of methoxy groups -OCH3 is 1. The van der Waals surface area contributed by atoms with Crippen LogP contribution >= 0.6 is 0 Å². The lowest BCUT2D eigenvalue weighted by Gasteiger charge is -2.30. The number of likely N-dealkylation sites (tertiary alicyclic amines) is 1. The van der Waals surface area contributed by atoms with Crippen molar-refractivity contribution >= 4 is 0 Å². The number of nitrogens with zero attached hydrogens (tertiary/aromatic N) is 1. The van der Waals surface area contributed by atoms with Gasteiger partial charge in [0, 0.05) is 12.6 Å². The normalized spacial score (nSPS) is 16.7. The zero-order valence-corrected chi connectivity index (χ0v) is 14.0. The molecule has 0 unspecified atom stereocenters. The van der Waals surface area contributed by atoms with E-state index in [0.29, 0.717) is 6.04 Å². The van der Waals surface area contributed by atoms with Crippen LogP contribution in [-0.2, 0) is 6.54 Å². The first-order valence-corrected chi connectivity index (χ1v) is 8.50. The standard InChI is InChI=1S/C18H30N2O2/c1-3-4-5-12-22-18-13-15(6-7-17(18)21-2)14-20-10-8-16(19)9-11-20/h6-7,13,16H,3-5,8-12,14,19H2,1-2H3. The second-order valence-corrected chi connectivity index (χ2v) is 6.15. The van der Waals surface area contributed by atoms with Crippen molar-refractivity contribution in [1.29, 1.82) is 0 Å². The third-order valence-corrected chi connectivity index (χ3v) is 4.27. The van der Waals surface area contributed by atoms with Crippen LogP contribution in [0.5, 0.6) is 11.5 Å². The number of rotatable bonds is 8. The van der Waals surface area contributed by atoms with Crippen LogP contribution in [0.15, 0.2) is 18.2 Å². The van der Waals surface area contributed by atoms with Crippen molar-refractivity contribution in [2.75, 3.05) is 26.8 Å². The number of ether oxygens (including phenoxy) is 2. The molecule has 1 saturated heterocycles. The SMILES string of the molecule is CCCCCOc1cc(CN2CCC(N)CC2)ccc1OC. The van der Waals surface area contributed by atoms with E-state index in [-0.39, 0.29) is 0 Å². The highest BCUT2D eigenvalue weighted by Gasteiger charge is 2.16. The monoisotopic (exact) mass is 306 g/mol. The first kappa shape index (κ1) is 17.1. The van der Waals surface area contributed by atoms with Gasteiger partial charge in [0.2, 0.25) is 0 Å². The van der Waals surface area contributed by atoms with Crippen LogP contribution in [0.4, 0.5) is 0 Å². The molecule has 2 N–H and O–H groups in total. The third-order valence-electron chi connectivity index (χ3n) is 4.27. The molecule has 4 heteroatoms. The molecular formula is C18H30N2O2. The Morgan fingerprint density at radius 2 is 1.95 bits per heavy atom. The minimum Gasteiger partial charge on any atom is -0.493 e. The molecule has 0 amide bonds. The van der Waals surface area contributed by atoms with Gasteiger partial charge in [0.25, 0.3) is 0 Å². The maximum absolute atomic E-state index is 5.97. The summed E-state index contributed by atoms with van der Waals surface area (Å²) in [6.45, 7) is 6.08. The molecule has 1 heterocycles. The first-order chi connectivity index (χ1) is 10.7. The molecule has 124 valence electrons. The maximum atomic E-state index is 5.97. The fourth-order valence-corrected chi connectivity index (χ4v) is 2.84. The molecule has 1 aliphatic heterocycles. The van der Waals surface area contributed by atoms with Crippen LogP contribution in [0.1, 0.15) is 44.6 Å². The Labute approximate surface area is 134 Å². The van der Waals surface area contributed by atoms with Gasteiger partial charge in [-0.05, 0) is 50.0 Å². The first-order valence-electron chi connectivity index (χ1n) is 8.50. The van der Waals surface area contributed by atoms with Gasteiger partial charge in [-0.3, -0.25) is 4.90 Å². The smallest absolute Gasteiger partial charge is 0.161 e. The van der Waals surface area contributed by atoms with Crippen LogP contribution in [0.25, 0.3) is 0 Å². The lowest BCUT2D eigenvalue weighted by Crippen LogP contribution is -2.39. The molecular weight excluding hydrogens is 276 g/mol. The Bertz CT molecular complexity index is 443. The summed E-state index contributed by atoms with van der Waals surface area (Å²) in [4.78, 5) is 2.46. The maximum Gasteiger partial charge on any atom is 0.161 e. The summed E-state index contributed by atoms with van der Waals surface area (Å²) < 4.78 is 11.3. The molecule has 0 radical (unpaired) electrons. The van der Waals surface area contributed by atoms with E-state index in [4.69, 9.17) is 15.2 Å². The van der Waals surface area contributed by atoms with Crippen molar-refractivity contribution in [3.63, 3.8) is 0 Å². The summed E-state index contributed by atoms with van der Waals surface area (Å²) in [6, 6.07) is 6.65. The van der Waals surface area contributed by atoms with Gasteiger partial charge in [0.05, 0.1) is 13.7 Å². The Morgan fingerprint density at radius 1 is 1.18 bits per heavy atom. The van der Waals surface area contributed by atoms with E-state index in [2.05, 4.69) is 24.0 Å². The predicted octanol–water partition coefficient (Wildman–Crippen LogP) is 3.19. The van der Waals surface area contributed by atoms with Crippen LogP contribution in [0.2, 0.25) is 0 Å². The summed E-state index contributed by atoms with van der Waals surface area (Å²) in [5.74, 6) is 1.69. The number of piperidine rings is 1. The number of hydrogen-bond donors (Lipinski definition) is 1. The molecule has 0 aliphatic carbocycles. The fraction of sp³-hybridized carbons (Fsp3) is 0.667. The van der Waals surface area contributed by atoms with Crippen molar-refractivity contribution in [1.82, 2.24) is 4.90 Å². The van der Waals surface area contributed by atoms with Crippen molar-refractivity contribution in [3.05, 3.63) is 23.8 Å². The average molecular weight is 306 g/mol. The van der Waals surface area contributed by atoms with Crippen molar-refractivity contribution < 1.29 is 9.47 Å². The highest BCUT2D eigenvalue weighted by molar-refractivity contribution is 5.43. The van der Waals surface area contributed by atoms with Gasteiger partial charge in [-0.2, -0.15) is 0 Å². The molecule has 4 nitrogen and oxygen atoms in total. The number of benzene rings is 1. The molecule has 0 bridgehead atoms. The molecule has 0 saturated carbocycles. The van der Waals surface area contributed by atoms with Gasteiger partial charge in [-0.1, -0.05) is 25.8 Å². The van der Waals surface area contributed by atoms with Crippen LogP contribution < -0.4 is 15.2 Å². The Balaban J connectivity index is 1.93. The Hall–Kier alpha value is -1.26. The molecule has 1 aromatic carbocycles. The second-order valence-electron chi connectivity index (χ2n) is 6.15. The quantitative estimate of drug-likeness (QED) is 0.749. The molecule has 0 aromatic heterocycles. The molecule has 1 fully saturated rings. The summed E-state index contributed by atoms with van der Waals surface area (Å²) in [6.07, 6.45) is 5.69. The van der Waals surface area contributed by atoms with Crippen LogP contribution in [-0.4, -0.2) is 37.7 Å². The Kier molecular flexibility index (Phi) is 7.00. The molecule has 22 heavy (non-hydrogen) atoms. The van der Waals surface area contributed by atoms with Gasteiger partial charge in [-0.15, -0.1) is 0 Å². The van der Waals surface area contributed by atoms with Crippen molar-refractivity contribution in [2.45, 2.75) is 51.6 Å². The van der Waals surface area contributed by atoms with Gasteiger partial charge in [-0.25, -0.2) is 0 Å². The van der Waals surface area contributed by atoms with E-state index >= 15 is 0 Å². The predicted molar refractivity (Wildman–Crippen MR) is 90.5 cm³/mol. The number of hydrogen-bond acceptors (Lipinski definition) is 4. The minimum absolute atomic E-state index is 0.379. The third kappa shape index (κ3) is 5.18. The fourth-order valence-electron chi connectivity index (χ4n) is 2.84. The number of unbranched alkanes of at least 4 members (excludes halogenated alkanes) is 2. The van der Waals surface area contributed by atoms with Gasteiger partial charge in [0.1, 0.15) is 0 Å². The largest absolute Gasteiger partial charge is 0.493 e. The van der Waals surface area contributed by atoms with Crippen LogP contribution in [0.3, 0.4) is 0 Å². The van der Waals surface area contributed by atoms with Gasteiger partial charge >= 0.3 is 0 Å². The highest BCUT2D eigenvalue weighted by Crippen LogP contribution is 2.29. The van der Waals surface area contributed by atoms with E-state index in [1.165, 1.54) is 18.4 Å². The summed E-state index contributed by atoms with van der Waals surface area (Å²) in [7, 11) is 1.69. The van der Waals surface area contributed by atoms with E-state index in [0.717, 1.165) is 57.0 Å². The topological polar surface area (TPSA) is 47.7 Å². The van der Waals surface area contributed by atoms with Crippen molar-refractivity contribution in [2.24, 2.45) is 5.73 Å². The summed E-state index contributed by atoms with van der Waals surface area (Å²) in [5.41, 5.74) is 7.25. The molecule has 2 rings (SSSR count). The van der Waals surface area contributed by atoms with E-state index < -0.39 is 0 Å². The summed E-state index contributed by atoms with van der Waals surface area (Å²) >= 11 is 0. The molecule has 1 aliphatic rings. The molecule has 1 aromatic rings. The van der Waals surface area contributed by atoms with Gasteiger partial charge < -0.3 is 15.2 Å². The molecule has 0 atom stereocenters. The Morgan fingerprint density at radius 3 is 2.64 bits per heavy atom. The van der Waals surface area contributed by atoms with Crippen molar-refractivity contribution in [3.8, 4) is 11.5 Å². The number of nitrogens with two attached hydrogens (primary N) is 1. The average Bonchev–Trinajstić information content (AvgIpc) is 2.54. The van der Waals surface area contributed by atoms with E-state index in [9.17, 15) is 0 Å². The lowest BCUT2D eigenvalue weighted by molar-refractivity contribution is 0.205. The highest BCUT2D eigenvalue weighted by atomic mass is 16.5.